The second-order valence-corrected chi connectivity index (χ2v) is 2.34. The van der Waals surface area contributed by atoms with Crippen LogP contribution in [0.3, 0.4) is 0 Å². The molecule has 0 aliphatic rings. The Bertz CT molecular complexity index is 226. The van der Waals surface area contributed by atoms with Crippen LogP contribution in [0.15, 0.2) is 42.5 Å². The van der Waals surface area contributed by atoms with E-state index in [0.717, 1.165) is 0 Å². The van der Waals surface area contributed by atoms with Crippen molar-refractivity contribution in [3.63, 3.8) is 0 Å². The van der Waals surface area contributed by atoms with Gasteiger partial charge in [-0.05, 0) is 12.5 Å². The van der Waals surface area contributed by atoms with Crippen LogP contribution in [0.1, 0.15) is 18.7 Å². The Morgan fingerprint density at radius 2 is 1.91 bits per heavy atom. The fourth-order valence-corrected chi connectivity index (χ4v) is 0.917. The van der Waals surface area contributed by atoms with E-state index in [0.29, 0.717) is 5.56 Å². The molecule has 1 aromatic carbocycles. The van der Waals surface area contributed by atoms with Crippen LogP contribution in [0.4, 0.5) is 4.39 Å². The smallest absolute Gasteiger partial charge is 0.143 e. The van der Waals surface area contributed by atoms with Crippen molar-refractivity contribution in [2.75, 3.05) is 0 Å². The Labute approximate surface area is 66.4 Å². The molecule has 0 amide bonds. The molecule has 0 nitrogen and oxygen atoms in total. The fraction of sp³-hybridized carbons (Fsp3) is 0.200. The molecule has 0 saturated carbocycles. The van der Waals surface area contributed by atoms with E-state index in [2.05, 4.69) is 0 Å². The normalized spacial score (nSPS) is 13.6. The molecule has 1 unspecified atom stereocenters. The first-order valence-electron chi connectivity index (χ1n) is 3.66. The third kappa shape index (κ3) is 2.19. The van der Waals surface area contributed by atoms with Gasteiger partial charge in [-0.2, -0.15) is 0 Å². The van der Waals surface area contributed by atoms with Crippen LogP contribution in [-0.2, 0) is 0 Å². The molecule has 0 radical (unpaired) electrons. The zero-order valence-electron chi connectivity index (χ0n) is 6.50. The summed E-state index contributed by atoms with van der Waals surface area (Å²) in [4.78, 5) is 0. The number of hydrogen-bond donors (Lipinski definition) is 0. The Balaban J connectivity index is 2.76. The standard InChI is InChI=1S/C10H11F/c1-2-6-10(11)9-7-4-3-5-8-9/h2-8,10H,1H3. The highest BCUT2D eigenvalue weighted by Crippen LogP contribution is 2.17. The summed E-state index contributed by atoms with van der Waals surface area (Å²) in [6.45, 7) is 1.82. The van der Waals surface area contributed by atoms with Crippen molar-refractivity contribution in [2.24, 2.45) is 0 Å². The van der Waals surface area contributed by atoms with Crippen molar-refractivity contribution < 1.29 is 4.39 Å². The lowest BCUT2D eigenvalue weighted by Crippen LogP contribution is -1.84. The van der Waals surface area contributed by atoms with E-state index in [1.807, 2.05) is 25.1 Å². The zero-order valence-corrected chi connectivity index (χ0v) is 6.50. The summed E-state index contributed by atoms with van der Waals surface area (Å²) >= 11 is 0. The highest BCUT2D eigenvalue weighted by Gasteiger charge is 2.01. The summed E-state index contributed by atoms with van der Waals surface area (Å²) in [6, 6.07) is 9.12. The molecule has 11 heavy (non-hydrogen) atoms. The highest BCUT2D eigenvalue weighted by molar-refractivity contribution is 5.20. The first kappa shape index (κ1) is 7.99. The van der Waals surface area contributed by atoms with Crippen molar-refractivity contribution in [3.8, 4) is 0 Å². The van der Waals surface area contributed by atoms with Gasteiger partial charge in [-0.15, -0.1) is 0 Å². The maximum absolute atomic E-state index is 13.0. The monoisotopic (exact) mass is 150 g/mol. The van der Waals surface area contributed by atoms with E-state index in [1.54, 1.807) is 18.2 Å². The van der Waals surface area contributed by atoms with E-state index in [4.69, 9.17) is 0 Å². The molecule has 0 aliphatic carbocycles. The second kappa shape index (κ2) is 3.91. The average Bonchev–Trinajstić information content (AvgIpc) is 2.07. The van der Waals surface area contributed by atoms with E-state index >= 15 is 0 Å². The molecule has 58 valence electrons. The van der Waals surface area contributed by atoms with Gasteiger partial charge in [-0.25, -0.2) is 4.39 Å². The van der Waals surface area contributed by atoms with Crippen LogP contribution in [0.2, 0.25) is 0 Å². The number of rotatable bonds is 2. The highest BCUT2D eigenvalue weighted by atomic mass is 19.1. The van der Waals surface area contributed by atoms with Gasteiger partial charge in [0.25, 0.3) is 0 Å². The predicted molar refractivity (Wildman–Crippen MR) is 45.1 cm³/mol. The molecule has 0 bridgehead atoms. The van der Waals surface area contributed by atoms with Crippen LogP contribution in [-0.4, -0.2) is 0 Å². The molecule has 0 saturated heterocycles. The SMILES string of the molecule is CC=CC(F)c1ccccc1. The van der Waals surface area contributed by atoms with E-state index < -0.39 is 6.17 Å². The number of alkyl halides is 1. The number of halogens is 1. The van der Waals surface area contributed by atoms with E-state index in [-0.39, 0.29) is 0 Å². The van der Waals surface area contributed by atoms with Crippen LogP contribution < -0.4 is 0 Å². The zero-order chi connectivity index (χ0) is 8.10. The summed E-state index contributed by atoms with van der Waals surface area (Å²) in [5.74, 6) is 0. The molecule has 0 N–H and O–H groups in total. The third-order valence-electron chi connectivity index (χ3n) is 1.48. The second-order valence-electron chi connectivity index (χ2n) is 2.34. The number of allylic oxidation sites excluding steroid dienone is 2. The molecular formula is C10H11F. The first-order chi connectivity index (χ1) is 5.34. The van der Waals surface area contributed by atoms with Crippen molar-refractivity contribution >= 4 is 0 Å². The van der Waals surface area contributed by atoms with Crippen LogP contribution >= 0.6 is 0 Å². The Hall–Kier alpha value is -1.11. The van der Waals surface area contributed by atoms with Gasteiger partial charge in [0.2, 0.25) is 0 Å². The van der Waals surface area contributed by atoms with Gasteiger partial charge < -0.3 is 0 Å². The summed E-state index contributed by atoms with van der Waals surface area (Å²) in [6.07, 6.45) is 2.30. The Kier molecular flexibility index (Phi) is 2.84. The molecule has 0 aliphatic heterocycles. The maximum Gasteiger partial charge on any atom is 0.143 e. The summed E-state index contributed by atoms with van der Waals surface area (Å²) < 4.78 is 13.0. The Morgan fingerprint density at radius 3 is 2.45 bits per heavy atom. The number of benzene rings is 1. The summed E-state index contributed by atoms with van der Waals surface area (Å²) in [5, 5.41) is 0. The number of hydrogen-bond acceptors (Lipinski definition) is 0. The lowest BCUT2D eigenvalue weighted by Gasteiger charge is -2.00. The fourth-order valence-electron chi connectivity index (χ4n) is 0.917. The van der Waals surface area contributed by atoms with Gasteiger partial charge in [0, 0.05) is 0 Å². The maximum atomic E-state index is 13.0. The first-order valence-corrected chi connectivity index (χ1v) is 3.66. The van der Waals surface area contributed by atoms with Gasteiger partial charge in [-0.3, -0.25) is 0 Å². The minimum atomic E-state index is -0.957. The van der Waals surface area contributed by atoms with Crippen molar-refractivity contribution in [3.05, 3.63) is 48.0 Å². The molecule has 1 aromatic rings. The van der Waals surface area contributed by atoms with Crippen molar-refractivity contribution in [2.45, 2.75) is 13.1 Å². The van der Waals surface area contributed by atoms with E-state index in [9.17, 15) is 4.39 Å². The van der Waals surface area contributed by atoms with Gasteiger partial charge in [0.1, 0.15) is 6.17 Å². The predicted octanol–water partition coefficient (Wildman–Crippen LogP) is 3.27. The topological polar surface area (TPSA) is 0 Å². The lowest BCUT2D eigenvalue weighted by atomic mass is 10.1. The molecule has 1 rings (SSSR count). The molecule has 0 fully saturated rings. The molecule has 0 aromatic heterocycles. The van der Waals surface area contributed by atoms with Crippen LogP contribution in [0.5, 0.6) is 0 Å². The quantitative estimate of drug-likeness (QED) is 0.567. The van der Waals surface area contributed by atoms with E-state index in [1.165, 1.54) is 6.08 Å². The average molecular weight is 150 g/mol. The Morgan fingerprint density at radius 1 is 1.27 bits per heavy atom. The largest absolute Gasteiger partial charge is 0.238 e. The molecule has 1 heteroatoms. The van der Waals surface area contributed by atoms with Crippen molar-refractivity contribution in [1.29, 1.82) is 0 Å². The minimum Gasteiger partial charge on any atom is -0.238 e. The molecule has 0 heterocycles. The van der Waals surface area contributed by atoms with Gasteiger partial charge in [0.15, 0.2) is 0 Å². The molecule has 1 atom stereocenters. The summed E-state index contributed by atoms with van der Waals surface area (Å²) in [7, 11) is 0. The van der Waals surface area contributed by atoms with Gasteiger partial charge >= 0.3 is 0 Å². The molecular weight excluding hydrogens is 139 g/mol. The van der Waals surface area contributed by atoms with Crippen LogP contribution in [0, 0.1) is 0 Å². The minimum absolute atomic E-state index is 0.714. The van der Waals surface area contributed by atoms with Crippen molar-refractivity contribution in [1.82, 2.24) is 0 Å². The molecule has 0 spiro atoms. The third-order valence-corrected chi connectivity index (χ3v) is 1.48. The lowest BCUT2D eigenvalue weighted by molar-refractivity contribution is 0.414. The van der Waals surface area contributed by atoms with Gasteiger partial charge in [-0.1, -0.05) is 42.5 Å². The van der Waals surface area contributed by atoms with Crippen LogP contribution in [0.25, 0.3) is 0 Å². The van der Waals surface area contributed by atoms with Gasteiger partial charge in [0.05, 0.1) is 0 Å². The summed E-state index contributed by atoms with van der Waals surface area (Å²) in [5.41, 5.74) is 0.714.